The summed E-state index contributed by atoms with van der Waals surface area (Å²) >= 11 is 0. The summed E-state index contributed by atoms with van der Waals surface area (Å²) in [7, 11) is 0. The van der Waals surface area contributed by atoms with Gasteiger partial charge >= 0.3 is 0 Å². The molecule has 0 bridgehead atoms. The third-order valence-electron chi connectivity index (χ3n) is 4.80. The Kier molecular flexibility index (Phi) is 5.44. The fourth-order valence-electron chi connectivity index (χ4n) is 3.63. The van der Waals surface area contributed by atoms with Crippen molar-refractivity contribution in [3.05, 3.63) is 34.4 Å². The SMILES string of the molecule is Cc1cc(C)c(CCC(=O)N2CCCCC[C@@H]2C)c(C)c1. The number of benzene rings is 1. The zero-order chi connectivity index (χ0) is 15.4. The van der Waals surface area contributed by atoms with Crippen LogP contribution in [0.15, 0.2) is 12.1 Å². The van der Waals surface area contributed by atoms with Gasteiger partial charge in [-0.25, -0.2) is 0 Å². The molecule has 1 amide bonds. The second-order valence-electron chi connectivity index (χ2n) is 6.66. The summed E-state index contributed by atoms with van der Waals surface area (Å²) in [6.45, 7) is 9.61. The number of aryl methyl sites for hydroxylation is 3. The van der Waals surface area contributed by atoms with Crippen LogP contribution < -0.4 is 0 Å². The Hall–Kier alpha value is -1.31. The maximum Gasteiger partial charge on any atom is 0.223 e. The molecule has 1 aliphatic rings. The van der Waals surface area contributed by atoms with Crippen LogP contribution in [0.25, 0.3) is 0 Å². The molecule has 0 spiro atoms. The molecule has 2 rings (SSSR count). The number of amides is 1. The minimum atomic E-state index is 0.337. The average molecular weight is 287 g/mol. The van der Waals surface area contributed by atoms with Gasteiger partial charge < -0.3 is 4.90 Å². The Morgan fingerprint density at radius 2 is 1.81 bits per heavy atom. The predicted molar refractivity (Wildman–Crippen MR) is 88.6 cm³/mol. The van der Waals surface area contributed by atoms with Crippen LogP contribution in [-0.4, -0.2) is 23.4 Å². The van der Waals surface area contributed by atoms with Crippen LogP contribution in [0.2, 0.25) is 0 Å². The number of likely N-dealkylation sites (tertiary alicyclic amines) is 1. The first-order valence-corrected chi connectivity index (χ1v) is 8.35. The van der Waals surface area contributed by atoms with Crippen LogP contribution in [0.3, 0.4) is 0 Å². The van der Waals surface area contributed by atoms with E-state index in [0.29, 0.717) is 18.4 Å². The van der Waals surface area contributed by atoms with Crippen LogP contribution in [0, 0.1) is 20.8 Å². The number of rotatable bonds is 3. The number of nitrogens with zero attached hydrogens (tertiary/aromatic N) is 1. The van der Waals surface area contributed by atoms with E-state index in [1.165, 1.54) is 41.5 Å². The summed E-state index contributed by atoms with van der Waals surface area (Å²) in [5.41, 5.74) is 5.31. The standard InChI is InChI=1S/C19H29NO/c1-14-12-15(2)18(16(3)13-14)9-10-19(21)20-11-7-5-6-8-17(20)4/h12-13,17H,5-11H2,1-4H3/t17-/m0/s1. The van der Waals surface area contributed by atoms with Crippen molar-refractivity contribution >= 4 is 5.91 Å². The van der Waals surface area contributed by atoms with E-state index in [2.05, 4.69) is 44.7 Å². The highest BCUT2D eigenvalue weighted by Crippen LogP contribution is 2.21. The normalized spacial score (nSPS) is 19.4. The summed E-state index contributed by atoms with van der Waals surface area (Å²) < 4.78 is 0. The Labute approximate surface area is 129 Å². The average Bonchev–Trinajstić information content (AvgIpc) is 2.62. The Balaban J connectivity index is 2.00. The molecule has 0 N–H and O–H groups in total. The molecule has 0 radical (unpaired) electrons. The van der Waals surface area contributed by atoms with E-state index < -0.39 is 0 Å². The molecular weight excluding hydrogens is 258 g/mol. The van der Waals surface area contributed by atoms with Gasteiger partial charge in [0.2, 0.25) is 5.91 Å². The van der Waals surface area contributed by atoms with Gasteiger partial charge in [0.05, 0.1) is 0 Å². The molecule has 2 nitrogen and oxygen atoms in total. The molecule has 2 heteroatoms. The highest BCUT2D eigenvalue weighted by molar-refractivity contribution is 5.77. The molecule has 1 aliphatic heterocycles. The van der Waals surface area contributed by atoms with Gasteiger partial charge in [0.15, 0.2) is 0 Å². The molecule has 1 fully saturated rings. The lowest BCUT2D eigenvalue weighted by Gasteiger charge is -2.27. The topological polar surface area (TPSA) is 20.3 Å². The lowest BCUT2D eigenvalue weighted by molar-refractivity contribution is -0.133. The molecule has 0 unspecified atom stereocenters. The largest absolute Gasteiger partial charge is 0.340 e. The summed E-state index contributed by atoms with van der Waals surface area (Å²) in [5.74, 6) is 0.337. The van der Waals surface area contributed by atoms with Gasteiger partial charge in [-0.3, -0.25) is 4.79 Å². The van der Waals surface area contributed by atoms with Crippen LogP contribution >= 0.6 is 0 Å². The first-order valence-electron chi connectivity index (χ1n) is 8.35. The number of carbonyl (C=O) groups excluding carboxylic acids is 1. The summed E-state index contributed by atoms with van der Waals surface area (Å²) in [5, 5.41) is 0. The highest BCUT2D eigenvalue weighted by Gasteiger charge is 2.21. The Morgan fingerprint density at radius 1 is 1.14 bits per heavy atom. The molecule has 1 saturated heterocycles. The van der Waals surface area contributed by atoms with E-state index >= 15 is 0 Å². The second kappa shape index (κ2) is 7.11. The Bertz CT molecular complexity index is 483. The molecule has 116 valence electrons. The van der Waals surface area contributed by atoms with Crippen molar-refractivity contribution in [3.8, 4) is 0 Å². The lowest BCUT2D eigenvalue weighted by atomic mass is 9.96. The molecule has 0 aliphatic carbocycles. The zero-order valence-corrected chi connectivity index (χ0v) is 14.0. The van der Waals surface area contributed by atoms with E-state index in [-0.39, 0.29) is 0 Å². The van der Waals surface area contributed by atoms with Crippen LogP contribution in [-0.2, 0) is 11.2 Å². The molecule has 0 aromatic heterocycles. The van der Waals surface area contributed by atoms with Gasteiger partial charge in [0, 0.05) is 19.0 Å². The summed E-state index contributed by atoms with van der Waals surface area (Å²) in [6, 6.07) is 4.86. The van der Waals surface area contributed by atoms with E-state index in [1.54, 1.807) is 0 Å². The third-order valence-corrected chi connectivity index (χ3v) is 4.80. The monoisotopic (exact) mass is 287 g/mol. The van der Waals surface area contributed by atoms with E-state index in [0.717, 1.165) is 19.4 Å². The lowest BCUT2D eigenvalue weighted by Crippen LogP contribution is -2.38. The fraction of sp³-hybridized carbons (Fsp3) is 0.632. The fourth-order valence-corrected chi connectivity index (χ4v) is 3.63. The van der Waals surface area contributed by atoms with Crippen molar-refractivity contribution in [2.45, 2.75) is 72.3 Å². The maximum absolute atomic E-state index is 12.6. The highest BCUT2D eigenvalue weighted by atomic mass is 16.2. The van der Waals surface area contributed by atoms with Gasteiger partial charge in [0.25, 0.3) is 0 Å². The van der Waals surface area contributed by atoms with Crippen molar-refractivity contribution in [2.75, 3.05) is 6.54 Å². The zero-order valence-electron chi connectivity index (χ0n) is 14.0. The predicted octanol–water partition coefficient (Wildman–Crippen LogP) is 4.34. The molecule has 1 aromatic rings. The van der Waals surface area contributed by atoms with Gasteiger partial charge in [-0.1, -0.05) is 30.5 Å². The van der Waals surface area contributed by atoms with E-state index in [9.17, 15) is 4.79 Å². The summed E-state index contributed by atoms with van der Waals surface area (Å²) in [4.78, 5) is 14.7. The third kappa shape index (κ3) is 4.09. The van der Waals surface area contributed by atoms with E-state index in [4.69, 9.17) is 0 Å². The van der Waals surface area contributed by atoms with Gasteiger partial charge in [-0.15, -0.1) is 0 Å². The smallest absolute Gasteiger partial charge is 0.223 e. The van der Waals surface area contributed by atoms with Crippen molar-refractivity contribution in [1.29, 1.82) is 0 Å². The van der Waals surface area contributed by atoms with Crippen molar-refractivity contribution < 1.29 is 4.79 Å². The molecule has 21 heavy (non-hydrogen) atoms. The molecule has 1 heterocycles. The van der Waals surface area contributed by atoms with Crippen LogP contribution in [0.5, 0.6) is 0 Å². The second-order valence-corrected chi connectivity index (χ2v) is 6.66. The molecule has 0 saturated carbocycles. The quantitative estimate of drug-likeness (QED) is 0.810. The summed E-state index contributed by atoms with van der Waals surface area (Å²) in [6.07, 6.45) is 6.38. The number of carbonyl (C=O) groups is 1. The van der Waals surface area contributed by atoms with Crippen molar-refractivity contribution in [1.82, 2.24) is 4.90 Å². The van der Waals surface area contributed by atoms with Crippen molar-refractivity contribution in [3.63, 3.8) is 0 Å². The minimum absolute atomic E-state index is 0.337. The van der Waals surface area contributed by atoms with E-state index in [1.807, 2.05) is 0 Å². The Morgan fingerprint density at radius 3 is 2.48 bits per heavy atom. The van der Waals surface area contributed by atoms with Crippen LogP contribution in [0.4, 0.5) is 0 Å². The molecule has 1 atom stereocenters. The molecule has 1 aromatic carbocycles. The molecular formula is C19H29NO. The first kappa shape index (κ1) is 16.1. The number of hydrogen-bond acceptors (Lipinski definition) is 1. The van der Waals surface area contributed by atoms with Crippen LogP contribution in [0.1, 0.15) is 61.3 Å². The van der Waals surface area contributed by atoms with Gasteiger partial charge in [-0.2, -0.15) is 0 Å². The van der Waals surface area contributed by atoms with Gasteiger partial charge in [-0.05, 0) is 63.6 Å². The van der Waals surface area contributed by atoms with Crippen molar-refractivity contribution in [2.24, 2.45) is 0 Å². The maximum atomic E-state index is 12.6. The minimum Gasteiger partial charge on any atom is -0.340 e. The van der Waals surface area contributed by atoms with Gasteiger partial charge in [0.1, 0.15) is 0 Å². The first-order chi connectivity index (χ1) is 9.99. The number of hydrogen-bond donors (Lipinski definition) is 0.